The molecule has 1 N–H and O–H groups in total. The van der Waals surface area contributed by atoms with Gasteiger partial charge in [0.15, 0.2) is 0 Å². The normalized spacial score (nSPS) is 22.0. The van der Waals surface area contributed by atoms with Gasteiger partial charge in [-0.1, -0.05) is 6.07 Å². The number of likely N-dealkylation sites (tertiary alicyclic amines) is 2. The van der Waals surface area contributed by atoms with E-state index < -0.39 is 0 Å². The summed E-state index contributed by atoms with van der Waals surface area (Å²) in [5, 5.41) is 3.05. The molecule has 3 heterocycles. The van der Waals surface area contributed by atoms with E-state index in [0.717, 1.165) is 57.4 Å². The van der Waals surface area contributed by atoms with Crippen molar-refractivity contribution in [1.82, 2.24) is 20.1 Å². The van der Waals surface area contributed by atoms with Gasteiger partial charge in [-0.05, 0) is 43.9 Å². The molecule has 1 unspecified atom stereocenters. The second-order valence-electron chi connectivity index (χ2n) is 7.10. The summed E-state index contributed by atoms with van der Waals surface area (Å²) in [4.78, 5) is 32.4. The highest BCUT2D eigenvalue weighted by Gasteiger charge is 2.32. The molecular weight excluding hydrogens is 332 g/mol. The first-order valence-electron chi connectivity index (χ1n) is 9.41. The largest absolute Gasteiger partial charge is 0.453 e. The number of nitrogens with one attached hydrogen (secondary N) is 1. The Bertz CT molecular complexity index is 602. The number of amides is 2. The summed E-state index contributed by atoms with van der Waals surface area (Å²) < 4.78 is 4.80. The quantitative estimate of drug-likeness (QED) is 0.884. The molecule has 0 spiro atoms. The van der Waals surface area contributed by atoms with Crippen molar-refractivity contribution in [3.8, 4) is 0 Å². The third kappa shape index (κ3) is 4.72. The Balaban J connectivity index is 1.46. The number of rotatable bonds is 4. The molecule has 0 aromatic carbocycles. The second kappa shape index (κ2) is 8.98. The highest BCUT2D eigenvalue weighted by atomic mass is 16.5. The molecule has 7 heteroatoms. The first-order valence-corrected chi connectivity index (χ1v) is 9.41. The number of hydrogen-bond donors (Lipinski definition) is 1. The molecule has 2 aliphatic rings. The van der Waals surface area contributed by atoms with E-state index in [1.54, 1.807) is 17.3 Å². The van der Waals surface area contributed by atoms with E-state index in [1.165, 1.54) is 7.11 Å². The number of carbonyl (C=O) groups is 2. The summed E-state index contributed by atoms with van der Waals surface area (Å²) in [6.07, 6.45) is 7.14. The Morgan fingerprint density at radius 2 is 2.08 bits per heavy atom. The summed E-state index contributed by atoms with van der Waals surface area (Å²) in [5.41, 5.74) is 1.02. The van der Waals surface area contributed by atoms with Gasteiger partial charge in [0.1, 0.15) is 0 Å². The van der Waals surface area contributed by atoms with Crippen LogP contribution in [-0.2, 0) is 16.1 Å². The van der Waals surface area contributed by atoms with Crippen molar-refractivity contribution in [1.29, 1.82) is 0 Å². The molecule has 0 aliphatic carbocycles. The number of methoxy groups -OCH3 is 1. The lowest BCUT2D eigenvalue weighted by molar-refractivity contribution is -0.127. The molecule has 1 aromatic heterocycles. The number of carbonyl (C=O) groups excluding carboxylic acids is 2. The minimum absolute atomic E-state index is 0.0408. The van der Waals surface area contributed by atoms with Crippen molar-refractivity contribution >= 4 is 12.0 Å². The lowest BCUT2D eigenvalue weighted by Gasteiger charge is -2.41. The van der Waals surface area contributed by atoms with Crippen LogP contribution >= 0.6 is 0 Å². The average molecular weight is 360 g/mol. The SMILES string of the molecule is COC(=O)N1CCC(N2CCCC(C(=O)NCc3cccnc3)C2)CC1. The van der Waals surface area contributed by atoms with E-state index >= 15 is 0 Å². The summed E-state index contributed by atoms with van der Waals surface area (Å²) >= 11 is 0. The smallest absolute Gasteiger partial charge is 0.409 e. The first-order chi connectivity index (χ1) is 12.7. The fourth-order valence-electron chi connectivity index (χ4n) is 3.93. The molecular formula is C19H28N4O3. The molecule has 3 rings (SSSR count). The van der Waals surface area contributed by atoms with E-state index in [1.807, 2.05) is 12.1 Å². The zero-order valence-electron chi connectivity index (χ0n) is 15.4. The van der Waals surface area contributed by atoms with Gasteiger partial charge in [0.25, 0.3) is 0 Å². The van der Waals surface area contributed by atoms with E-state index in [0.29, 0.717) is 12.6 Å². The Morgan fingerprint density at radius 1 is 1.27 bits per heavy atom. The molecule has 1 aromatic rings. The summed E-state index contributed by atoms with van der Waals surface area (Å²) in [6.45, 7) is 3.83. The zero-order valence-corrected chi connectivity index (χ0v) is 15.4. The lowest BCUT2D eigenvalue weighted by atomic mass is 9.93. The van der Waals surface area contributed by atoms with E-state index in [-0.39, 0.29) is 17.9 Å². The number of hydrogen-bond acceptors (Lipinski definition) is 5. The maximum Gasteiger partial charge on any atom is 0.409 e. The molecule has 0 bridgehead atoms. The lowest BCUT2D eigenvalue weighted by Crippen LogP contribution is -2.51. The molecule has 2 aliphatic heterocycles. The topological polar surface area (TPSA) is 74.8 Å². The number of aromatic nitrogens is 1. The second-order valence-corrected chi connectivity index (χ2v) is 7.10. The van der Waals surface area contributed by atoms with Crippen LogP contribution in [0.3, 0.4) is 0 Å². The van der Waals surface area contributed by atoms with Gasteiger partial charge < -0.3 is 15.0 Å². The Labute approximate surface area is 154 Å². The van der Waals surface area contributed by atoms with Gasteiger partial charge in [-0.15, -0.1) is 0 Å². The molecule has 0 radical (unpaired) electrons. The highest BCUT2D eigenvalue weighted by Crippen LogP contribution is 2.24. The van der Waals surface area contributed by atoms with Crippen LogP contribution in [0.15, 0.2) is 24.5 Å². The number of piperidine rings is 2. The molecule has 26 heavy (non-hydrogen) atoms. The maximum absolute atomic E-state index is 12.6. The first kappa shape index (κ1) is 18.6. The highest BCUT2D eigenvalue weighted by molar-refractivity contribution is 5.79. The molecule has 142 valence electrons. The Morgan fingerprint density at radius 3 is 2.77 bits per heavy atom. The van der Waals surface area contributed by atoms with Crippen LogP contribution in [0.2, 0.25) is 0 Å². The van der Waals surface area contributed by atoms with Crippen LogP contribution in [0.4, 0.5) is 4.79 Å². The molecule has 1 atom stereocenters. The monoisotopic (exact) mass is 360 g/mol. The maximum atomic E-state index is 12.6. The van der Waals surface area contributed by atoms with Crippen molar-refractivity contribution in [2.45, 2.75) is 38.3 Å². The third-order valence-corrected chi connectivity index (χ3v) is 5.43. The standard InChI is InChI=1S/C19H28N4O3/c1-26-19(25)22-10-6-17(7-11-22)23-9-3-5-16(14-23)18(24)21-13-15-4-2-8-20-12-15/h2,4,8,12,16-17H,3,5-7,9-11,13-14H2,1H3,(H,21,24). The van der Waals surface area contributed by atoms with Gasteiger partial charge in [0, 0.05) is 44.6 Å². The summed E-state index contributed by atoms with van der Waals surface area (Å²) in [5.74, 6) is 0.171. The molecule has 0 saturated carbocycles. The van der Waals surface area contributed by atoms with Crippen LogP contribution in [0.5, 0.6) is 0 Å². The van der Waals surface area contributed by atoms with Gasteiger partial charge in [0.2, 0.25) is 5.91 Å². The Hall–Kier alpha value is -2.15. The van der Waals surface area contributed by atoms with E-state index in [4.69, 9.17) is 4.74 Å². The minimum atomic E-state index is -0.241. The van der Waals surface area contributed by atoms with Crippen molar-refractivity contribution in [3.63, 3.8) is 0 Å². The predicted octanol–water partition coefficient (Wildman–Crippen LogP) is 1.64. The zero-order chi connectivity index (χ0) is 18.4. The average Bonchev–Trinajstić information content (AvgIpc) is 2.72. The van der Waals surface area contributed by atoms with Crippen molar-refractivity contribution in [2.75, 3.05) is 33.3 Å². The molecule has 2 fully saturated rings. The van der Waals surface area contributed by atoms with Crippen LogP contribution in [0.1, 0.15) is 31.2 Å². The van der Waals surface area contributed by atoms with Crippen LogP contribution < -0.4 is 5.32 Å². The summed E-state index contributed by atoms with van der Waals surface area (Å²) in [6, 6.07) is 4.30. The third-order valence-electron chi connectivity index (χ3n) is 5.43. The van der Waals surface area contributed by atoms with Crippen LogP contribution in [0.25, 0.3) is 0 Å². The number of nitrogens with zero attached hydrogens (tertiary/aromatic N) is 3. The van der Waals surface area contributed by atoms with Gasteiger partial charge in [0.05, 0.1) is 13.0 Å². The number of pyridine rings is 1. The van der Waals surface area contributed by atoms with Gasteiger partial charge in [-0.3, -0.25) is 14.7 Å². The van der Waals surface area contributed by atoms with E-state index in [9.17, 15) is 9.59 Å². The molecule has 2 amide bonds. The fourth-order valence-corrected chi connectivity index (χ4v) is 3.93. The van der Waals surface area contributed by atoms with Crippen molar-refractivity contribution < 1.29 is 14.3 Å². The minimum Gasteiger partial charge on any atom is -0.453 e. The van der Waals surface area contributed by atoms with Gasteiger partial charge in [-0.2, -0.15) is 0 Å². The van der Waals surface area contributed by atoms with Crippen molar-refractivity contribution in [2.24, 2.45) is 5.92 Å². The van der Waals surface area contributed by atoms with Gasteiger partial charge in [-0.25, -0.2) is 4.79 Å². The summed E-state index contributed by atoms with van der Waals surface area (Å²) in [7, 11) is 1.42. The molecule has 7 nitrogen and oxygen atoms in total. The van der Waals surface area contributed by atoms with Crippen LogP contribution in [0, 0.1) is 5.92 Å². The molecule has 2 saturated heterocycles. The van der Waals surface area contributed by atoms with Gasteiger partial charge >= 0.3 is 6.09 Å². The number of ether oxygens (including phenoxy) is 1. The van der Waals surface area contributed by atoms with Crippen molar-refractivity contribution in [3.05, 3.63) is 30.1 Å². The predicted molar refractivity (Wildman–Crippen MR) is 97.4 cm³/mol. The Kier molecular flexibility index (Phi) is 6.44. The van der Waals surface area contributed by atoms with Crippen LogP contribution in [-0.4, -0.2) is 66.1 Å². The van der Waals surface area contributed by atoms with E-state index in [2.05, 4.69) is 15.2 Å². The fraction of sp³-hybridized carbons (Fsp3) is 0.632.